The van der Waals surface area contributed by atoms with E-state index in [0.717, 1.165) is 30.2 Å². The molecule has 5 nitrogen and oxygen atoms in total. The van der Waals surface area contributed by atoms with Gasteiger partial charge in [-0.1, -0.05) is 20.3 Å². The highest BCUT2D eigenvalue weighted by molar-refractivity contribution is 5.87. The van der Waals surface area contributed by atoms with Gasteiger partial charge < -0.3 is 9.15 Å². The summed E-state index contributed by atoms with van der Waals surface area (Å²) in [5.74, 6) is 0.224. The number of benzene rings is 1. The van der Waals surface area contributed by atoms with E-state index < -0.39 is 5.63 Å². The van der Waals surface area contributed by atoms with Crippen LogP contribution in [0, 0.1) is 24.7 Å². The molecular formula is C24H28O5. The number of hydrogen-bond donors (Lipinski definition) is 0. The summed E-state index contributed by atoms with van der Waals surface area (Å²) >= 11 is 0. The Bertz CT molecular complexity index is 1000. The second-order valence-corrected chi connectivity index (χ2v) is 8.95. The Morgan fingerprint density at radius 3 is 2.48 bits per heavy atom. The van der Waals surface area contributed by atoms with E-state index in [1.165, 1.54) is 11.6 Å². The largest absolute Gasteiger partial charge is 0.461 e. The van der Waals surface area contributed by atoms with E-state index in [-0.39, 0.29) is 30.3 Å². The highest BCUT2D eigenvalue weighted by atomic mass is 16.5. The molecule has 1 aromatic carbocycles. The summed E-state index contributed by atoms with van der Waals surface area (Å²) in [5, 5.41) is 0.808. The Morgan fingerprint density at radius 1 is 1.14 bits per heavy atom. The SMILES string of the molecule is Cc1cc2oc(=O)cc(COC(=O)C3C[C@H]4CCC[C@@H](C3)C4=O)c2cc1C(C)C. The predicted molar refractivity (Wildman–Crippen MR) is 110 cm³/mol. The average molecular weight is 396 g/mol. The summed E-state index contributed by atoms with van der Waals surface area (Å²) in [6.45, 7) is 6.28. The lowest BCUT2D eigenvalue weighted by Gasteiger charge is -2.36. The van der Waals surface area contributed by atoms with Crippen molar-refractivity contribution in [3.05, 3.63) is 45.3 Å². The zero-order valence-electron chi connectivity index (χ0n) is 17.3. The standard InChI is InChI=1S/C24H28O5/c1-13(2)19-11-20-18(10-22(25)29-21(20)7-14(19)3)12-28-24(27)17-8-15-5-4-6-16(9-17)23(15)26/h7,10-11,13,15-17H,4-6,8-9,12H2,1-3H3/t15-,16+,17?. The number of esters is 1. The van der Waals surface area contributed by atoms with Crippen LogP contribution >= 0.6 is 0 Å². The minimum atomic E-state index is -0.446. The maximum Gasteiger partial charge on any atom is 0.336 e. The highest BCUT2D eigenvalue weighted by Crippen LogP contribution is 2.40. The maximum atomic E-state index is 12.7. The second-order valence-electron chi connectivity index (χ2n) is 8.95. The molecule has 2 fully saturated rings. The summed E-state index contributed by atoms with van der Waals surface area (Å²) in [7, 11) is 0. The van der Waals surface area contributed by atoms with Gasteiger partial charge in [-0.3, -0.25) is 9.59 Å². The van der Waals surface area contributed by atoms with Crippen molar-refractivity contribution >= 4 is 22.7 Å². The fraction of sp³-hybridized carbons (Fsp3) is 0.542. The summed E-state index contributed by atoms with van der Waals surface area (Å²) in [6, 6.07) is 5.32. The van der Waals surface area contributed by atoms with E-state index >= 15 is 0 Å². The van der Waals surface area contributed by atoms with Gasteiger partial charge in [-0.15, -0.1) is 0 Å². The molecule has 0 saturated heterocycles. The third-order valence-corrected chi connectivity index (χ3v) is 6.59. The van der Waals surface area contributed by atoms with Crippen LogP contribution in [0.25, 0.3) is 11.0 Å². The van der Waals surface area contributed by atoms with Gasteiger partial charge in [0.25, 0.3) is 0 Å². The number of ether oxygens (including phenoxy) is 1. The second kappa shape index (κ2) is 7.77. The molecule has 0 spiro atoms. The quantitative estimate of drug-likeness (QED) is 0.555. The average Bonchev–Trinajstić information content (AvgIpc) is 2.64. The van der Waals surface area contributed by atoms with Crippen LogP contribution < -0.4 is 5.63 Å². The van der Waals surface area contributed by atoms with Crippen molar-refractivity contribution in [2.75, 3.05) is 0 Å². The molecular weight excluding hydrogens is 368 g/mol. The van der Waals surface area contributed by atoms with E-state index in [1.54, 1.807) is 0 Å². The molecule has 0 N–H and O–H groups in total. The first-order chi connectivity index (χ1) is 13.8. The van der Waals surface area contributed by atoms with Gasteiger partial charge in [-0.05, 0) is 61.8 Å². The van der Waals surface area contributed by atoms with Crippen LogP contribution in [0.15, 0.2) is 27.4 Å². The predicted octanol–water partition coefficient (Wildman–Crippen LogP) is 4.66. The van der Waals surface area contributed by atoms with E-state index in [1.807, 2.05) is 19.1 Å². The highest BCUT2D eigenvalue weighted by Gasteiger charge is 2.41. The number of rotatable bonds is 4. The van der Waals surface area contributed by atoms with Gasteiger partial charge in [0.2, 0.25) is 0 Å². The Hall–Kier alpha value is -2.43. The molecule has 5 heteroatoms. The number of aryl methyl sites for hydroxylation is 1. The zero-order chi connectivity index (χ0) is 20.7. The minimum absolute atomic E-state index is 0.0150. The number of carbonyl (C=O) groups is 2. The van der Waals surface area contributed by atoms with Crippen LogP contribution in [-0.2, 0) is 20.9 Å². The van der Waals surface area contributed by atoms with Crippen LogP contribution in [0.2, 0.25) is 0 Å². The lowest BCUT2D eigenvalue weighted by molar-refractivity contribution is -0.154. The molecule has 2 bridgehead atoms. The van der Waals surface area contributed by atoms with Crippen molar-refractivity contribution < 1.29 is 18.7 Å². The van der Waals surface area contributed by atoms with Crippen molar-refractivity contribution in [2.45, 2.75) is 65.4 Å². The molecule has 2 aromatic rings. The lowest BCUT2D eigenvalue weighted by atomic mass is 9.67. The maximum absolute atomic E-state index is 12.7. The molecule has 4 rings (SSSR count). The van der Waals surface area contributed by atoms with Crippen molar-refractivity contribution in [1.29, 1.82) is 0 Å². The molecule has 1 unspecified atom stereocenters. The smallest absolute Gasteiger partial charge is 0.336 e. The molecule has 2 aliphatic rings. The van der Waals surface area contributed by atoms with Gasteiger partial charge in [0.05, 0.1) is 5.92 Å². The fourth-order valence-corrected chi connectivity index (χ4v) is 5.07. The first-order valence-corrected chi connectivity index (χ1v) is 10.6. The van der Waals surface area contributed by atoms with Crippen LogP contribution in [-0.4, -0.2) is 11.8 Å². The van der Waals surface area contributed by atoms with Crippen molar-refractivity contribution in [3.8, 4) is 0 Å². The number of fused-ring (bicyclic) bond motifs is 3. The summed E-state index contributed by atoms with van der Waals surface area (Å²) in [5.41, 5.74) is 2.99. The molecule has 0 radical (unpaired) electrons. The van der Waals surface area contributed by atoms with Gasteiger partial charge in [-0.25, -0.2) is 4.79 Å². The molecule has 1 aromatic heterocycles. The third kappa shape index (κ3) is 3.87. The van der Waals surface area contributed by atoms with E-state index in [4.69, 9.17) is 9.15 Å². The van der Waals surface area contributed by atoms with Gasteiger partial charge in [0.15, 0.2) is 0 Å². The molecule has 29 heavy (non-hydrogen) atoms. The van der Waals surface area contributed by atoms with Crippen molar-refractivity contribution in [2.24, 2.45) is 17.8 Å². The van der Waals surface area contributed by atoms with Crippen molar-refractivity contribution in [1.82, 2.24) is 0 Å². The molecule has 1 heterocycles. The Balaban J connectivity index is 1.55. The third-order valence-electron chi connectivity index (χ3n) is 6.59. The van der Waals surface area contributed by atoms with E-state index in [9.17, 15) is 14.4 Å². The van der Waals surface area contributed by atoms with Crippen LogP contribution in [0.5, 0.6) is 0 Å². The molecule has 154 valence electrons. The van der Waals surface area contributed by atoms with Crippen LogP contribution in [0.3, 0.4) is 0 Å². The number of ketones is 1. The normalized spacial score (nSPS) is 24.1. The van der Waals surface area contributed by atoms with E-state index in [2.05, 4.69) is 13.8 Å². The first-order valence-electron chi connectivity index (χ1n) is 10.6. The van der Waals surface area contributed by atoms with Crippen molar-refractivity contribution in [3.63, 3.8) is 0 Å². The minimum Gasteiger partial charge on any atom is -0.461 e. The number of carbonyl (C=O) groups excluding carboxylic acids is 2. The molecule has 3 atom stereocenters. The topological polar surface area (TPSA) is 73.6 Å². The summed E-state index contributed by atoms with van der Waals surface area (Å²) in [4.78, 5) is 37.0. The fourth-order valence-electron chi connectivity index (χ4n) is 5.07. The molecule has 0 amide bonds. The van der Waals surface area contributed by atoms with E-state index in [0.29, 0.717) is 35.7 Å². The molecule has 0 aliphatic heterocycles. The van der Waals surface area contributed by atoms with Gasteiger partial charge in [-0.2, -0.15) is 0 Å². The number of hydrogen-bond acceptors (Lipinski definition) is 5. The first kappa shape index (κ1) is 19.9. The molecule has 2 saturated carbocycles. The summed E-state index contributed by atoms with van der Waals surface area (Å²) < 4.78 is 11.0. The monoisotopic (exact) mass is 396 g/mol. The Morgan fingerprint density at radius 2 is 1.83 bits per heavy atom. The van der Waals surface area contributed by atoms with Gasteiger partial charge >= 0.3 is 11.6 Å². The van der Waals surface area contributed by atoms with Crippen LogP contribution in [0.4, 0.5) is 0 Å². The Labute approximate surface area is 170 Å². The lowest BCUT2D eigenvalue weighted by Crippen LogP contribution is -2.39. The summed E-state index contributed by atoms with van der Waals surface area (Å²) in [6.07, 6.45) is 4.05. The number of Topliss-reactive ketones (excluding diaryl/α,β-unsaturated/α-hetero) is 1. The van der Waals surface area contributed by atoms with Crippen LogP contribution in [0.1, 0.15) is 68.6 Å². The Kier molecular flexibility index (Phi) is 5.32. The zero-order valence-corrected chi connectivity index (χ0v) is 17.3. The molecule has 2 aliphatic carbocycles. The van der Waals surface area contributed by atoms with Gasteiger partial charge in [0.1, 0.15) is 18.0 Å². The van der Waals surface area contributed by atoms with Gasteiger partial charge in [0, 0.05) is 28.9 Å².